The van der Waals surface area contributed by atoms with Gasteiger partial charge in [-0.1, -0.05) is 18.2 Å². The van der Waals surface area contributed by atoms with Gasteiger partial charge in [0, 0.05) is 62.2 Å². The second-order valence-corrected chi connectivity index (χ2v) is 11.9. The van der Waals surface area contributed by atoms with Gasteiger partial charge in [0.2, 0.25) is 5.91 Å². The van der Waals surface area contributed by atoms with Crippen LogP contribution in [0.2, 0.25) is 0 Å². The third-order valence-electron chi connectivity index (χ3n) is 6.93. The fourth-order valence-corrected chi connectivity index (χ4v) is 5.87. The number of nitrogens with one attached hydrogen (secondary N) is 1. The van der Waals surface area contributed by atoms with E-state index >= 15 is 0 Å². The summed E-state index contributed by atoms with van der Waals surface area (Å²) in [7, 11) is 2.01. The number of carboxylic acid groups (broad SMARTS) is 1. The van der Waals surface area contributed by atoms with Crippen LogP contribution in [0.25, 0.3) is 0 Å². The number of hydrogen-bond donors (Lipinski definition) is 2. The molecule has 2 saturated heterocycles. The van der Waals surface area contributed by atoms with Crippen molar-refractivity contribution in [3.05, 3.63) is 59.9 Å². The van der Waals surface area contributed by atoms with Crippen LogP contribution in [0, 0.1) is 0 Å². The van der Waals surface area contributed by atoms with Crippen molar-refractivity contribution >= 4 is 29.7 Å². The molecule has 2 aliphatic heterocycles. The van der Waals surface area contributed by atoms with E-state index in [1.807, 2.05) is 33.0 Å². The lowest BCUT2D eigenvalue weighted by molar-refractivity contribution is -0.142. The molecule has 2 amide bonds. The van der Waals surface area contributed by atoms with Gasteiger partial charge in [-0.3, -0.25) is 14.7 Å². The van der Waals surface area contributed by atoms with Gasteiger partial charge in [-0.05, 0) is 50.2 Å². The number of carbonyl (C=O) groups is 3. The number of rotatable bonds is 8. The van der Waals surface area contributed by atoms with Crippen molar-refractivity contribution in [1.29, 1.82) is 0 Å². The molecule has 3 heterocycles. The van der Waals surface area contributed by atoms with Gasteiger partial charge in [0.05, 0.1) is 0 Å². The van der Waals surface area contributed by atoms with Gasteiger partial charge in [0.1, 0.15) is 17.8 Å². The van der Waals surface area contributed by atoms with Gasteiger partial charge in [-0.2, -0.15) is 0 Å². The van der Waals surface area contributed by atoms with Gasteiger partial charge in [0.25, 0.3) is 0 Å². The van der Waals surface area contributed by atoms with Crippen LogP contribution in [-0.2, 0) is 22.6 Å². The summed E-state index contributed by atoms with van der Waals surface area (Å²) in [6, 6.07) is 8.97. The van der Waals surface area contributed by atoms with Crippen molar-refractivity contribution in [2.24, 2.45) is 0 Å². The Labute approximate surface area is 227 Å². The monoisotopic (exact) mass is 541 g/mol. The van der Waals surface area contributed by atoms with Gasteiger partial charge >= 0.3 is 12.1 Å². The summed E-state index contributed by atoms with van der Waals surface area (Å²) in [6.07, 6.45) is 3.19. The number of aliphatic carboxylic acids is 1. The van der Waals surface area contributed by atoms with Crippen LogP contribution in [0.5, 0.6) is 5.75 Å². The van der Waals surface area contributed by atoms with Gasteiger partial charge in [-0.25, -0.2) is 9.59 Å². The summed E-state index contributed by atoms with van der Waals surface area (Å²) in [4.78, 5) is 47.9. The highest BCUT2D eigenvalue weighted by Gasteiger charge is 2.46. The Morgan fingerprint density at radius 2 is 1.84 bits per heavy atom. The first kappa shape index (κ1) is 27.9. The minimum Gasteiger partial charge on any atom is -0.480 e. The van der Waals surface area contributed by atoms with Crippen molar-refractivity contribution in [2.75, 3.05) is 39.1 Å². The van der Waals surface area contributed by atoms with E-state index in [0.29, 0.717) is 36.8 Å². The number of benzene rings is 1. The molecule has 0 aliphatic carbocycles. The maximum atomic E-state index is 13.4. The molecule has 0 spiro atoms. The number of carbonyl (C=O) groups excluding carboxylic acids is 2. The Morgan fingerprint density at radius 1 is 1.13 bits per heavy atom. The van der Waals surface area contributed by atoms with Crippen molar-refractivity contribution < 1.29 is 24.2 Å². The first-order valence-electron chi connectivity index (χ1n) is 12.7. The highest BCUT2D eigenvalue weighted by atomic mass is 32.2. The fourth-order valence-electron chi connectivity index (χ4n) is 4.72. The lowest BCUT2D eigenvalue weighted by Crippen LogP contribution is -2.55. The zero-order chi connectivity index (χ0) is 27.3. The van der Waals surface area contributed by atoms with E-state index in [9.17, 15) is 19.5 Å². The molecule has 0 saturated carbocycles. The van der Waals surface area contributed by atoms with Crippen LogP contribution in [-0.4, -0.2) is 98.7 Å². The molecule has 1 aromatic heterocycles. The second kappa shape index (κ2) is 12.1. The Morgan fingerprint density at radius 3 is 2.47 bits per heavy atom. The van der Waals surface area contributed by atoms with Gasteiger partial charge in [0.15, 0.2) is 0 Å². The van der Waals surface area contributed by atoms with Crippen molar-refractivity contribution in [3.63, 3.8) is 0 Å². The van der Waals surface area contributed by atoms with E-state index in [1.165, 1.54) is 0 Å². The average molecular weight is 542 g/mol. The standard InChI is InChI=1S/C27H35N5O5S/c1-27(2)23(32(18-38-27)17-20-5-4-10-28-16-20)24(33)29-22(25(34)35)15-19-6-8-21(9-7-19)37-26(36)31-13-11-30(3)12-14-31/h4-10,16,22-23H,11-15,17-18H2,1-3H3,(H,29,33)(H,34,35)/t22-,23+/m0/s1. The normalized spacial score (nSPS) is 20.6. The highest BCUT2D eigenvalue weighted by Crippen LogP contribution is 2.40. The zero-order valence-electron chi connectivity index (χ0n) is 22.0. The maximum absolute atomic E-state index is 13.4. The van der Waals surface area contributed by atoms with E-state index in [0.717, 1.165) is 18.7 Å². The quantitative estimate of drug-likeness (QED) is 0.519. The molecule has 2 aromatic rings. The van der Waals surface area contributed by atoms with E-state index in [2.05, 4.69) is 20.1 Å². The molecule has 0 unspecified atom stereocenters. The topological polar surface area (TPSA) is 115 Å². The SMILES string of the molecule is CN1CCN(C(=O)Oc2ccc(C[C@H](NC(=O)[C@H]3N(Cc4cccnc4)CSC3(C)C)C(=O)O)cc2)CC1. The van der Waals surface area contributed by atoms with Crippen LogP contribution in [0.3, 0.4) is 0 Å². The molecule has 10 nitrogen and oxygen atoms in total. The maximum Gasteiger partial charge on any atom is 0.415 e. The molecular weight excluding hydrogens is 506 g/mol. The summed E-state index contributed by atoms with van der Waals surface area (Å²) in [5.41, 5.74) is 1.70. The van der Waals surface area contributed by atoms with E-state index < -0.39 is 24.1 Å². The summed E-state index contributed by atoms with van der Waals surface area (Å²) in [5.74, 6) is -0.365. The lowest BCUT2D eigenvalue weighted by Gasteiger charge is -2.31. The molecule has 2 N–H and O–H groups in total. The van der Waals surface area contributed by atoms with Crippen molar-refractivity contribution in [1.82, 2.24) is 25.0 Å². The first-order valence-corrected chi connectivity index (χ1v) is 13.7. The van der Waals surface area contributed by atoms with Crippen LogP contribution >= 0.6 is 11.8 Å². The molecule has 1 aromatic carbocycles. The van der Waals surface area contributed by atoms with Crippen LogP contribution in [0.1, 0.15) is 25.0 Å². The molecule has 4 rings (SSSR count). The fraction of sp³-hybridized carbons (Fsp3) is 0.481. The first-order chi connectivity index (χ1) is 18.1. The number of carboxylic acids is 1. The Balaban J connectivity index is 1.37. The zero-order valence-corrected chi connectivity index (χ0v) is 22.8. The summed E-state index contributed by atoms with van der Waals surface area (Å²) < 4.78 is 5.10. The highest BCUT2D eigenvalue weighted by molar-refractivity contribution is 8.00. The number of aromatic nitrogens is 1. The van der Waals surface area contributed by atoms with Crippen molar-refractivity contribution in [2.45, 2.75) is 43.6 Å². The van der Waals surface area contributed by atoms with Gasteiger partial charge < -0.3 is 25.0 Å². The molecule has 2 aliphatic rings. The number of hydrogen-bond acceptors (Lipinski definition) is 8. The van der Waals surface area contributed by atoms with Gasteiger partial charge in [-0.15, -0.1) is 11.8 Å². The number of amides is 2. The number of piperazine rings is 1. The molecule has 2 atom stereocenters. The minimum absolute atomic E-state index is 0.108. The Kier molecular flexibility index (Phi) is 8.91. The summed E-state index contributed by atoms with van der Waals surface area (Å²) >= 11 is 1.67. The molecular formula is C27H35N5O5S. The minimum atomic E-state index is -1.11. The molecule has 11 heteroatoms. The summed E-state index contributed by atoms with van der Waals surface area (Å²) in [5, 5.41) is 12.6. The number of likely N-dealkylation sites (N-methyl/N-ethyl adjacent to an activating group) is 1. The third-order valence-corrected chi connectivity index (χ3v) is 8.36. The lowest BCUT2D eigenvalue weighted by atomic mass is 9.99. The predicted molar refractivity (Wildman–Crippen MR) is 145 cm³/mol. The molecule has 0 radical (unpaired) electrons. The molecule has 0 bridgehead atoms. The summed E-state index contributed by atoms with van der Waals surface area (Å²) in [6.45, 7) is 7.38. The molecule has 204 valence electrons. The smallest absolute Gasteiger partial charge is 0.415 e. The largest absolute Gasteiger partial charge is 0.480 e. The molecule has 2 fully saturated rings. The number of nitrogens with zero attached hydrogens (tertiary/aromatic N) is 4. The van der Waals surface area contributed by atoms with E-state index in [-0.39, 0.29) is 17.1 Å². The molecule has 38 heavy (non-hydrogen) atoms. The second-order valence-electron chi connectivity index (χ2n) is 10.3. The van der Waals surface area contributed by atoms with Crippen LogP contribution < -0.4 is 10.1 Å². The number of thioether (sulfide) groups is 1. The average Bonchev–Trinajstić information content (AvgIpc) is 3.19. The van der Waals surface area contributed by atoms with Crippen LogP contribution in [0.15, 0.2) is 48.8 Å². The van der Waals surface area contributed by atoms with E-state index in [4.69, 9.17) is 4.74 Å². The Hall–Kier alpha value is -3.15. The number of ether oxygens (including phenoxy) is 1. The third kappa shape index (κ3) is 7.03. The van der Waals surface area contributed by atoms with Crippen molar-refractivity contribution in [3.8, 4) is 5.75 Å². The number of pyridine rings is 1. The predicted octanol–water partition coefficient (Wildman–Crippen LogP) is 2.29. The Bertz CT molecular complexity index is 1120. The van der Waals surface area contributed by atoms with Crippen LogP contribution in [0.4, 0.5) is 4.79 Å². The van der Waals surface area contributed by atoms with E-state index in [1.54, 1.807) is 53.3 Å².